The van der Waals surface area contributed by atoms with Crippen molar-refractivity contribution in [3.8, 4) is 0 Å². The van der Waals surface area contributed by atoms with Crippen molar-refractivity contribution in [1.29, 1.82) is 0 Å². The summed E-state index contributed by atoms with van der Waals surface area (Å²) in [6.07, 6.45) is 0. The number of rotatable bonds is 5. The molecule has 0 heterocycles. The van der Waals surface area contributed by atoms with Crippen LogP contribution in [0.25, 0.3) is 0 Å². The molecule has 3 aromatic rings. The number of carbonyl (C=O) groups excluding carboxylic acids is 1. The summed E-state index contributed by atoms with van der Waals surface area (Å²) in [5, 5.41) is 23.4. The maximum absolute atomic E-state index is 12.4. The average Bonchev–Trinajstić information content (AvgIpc) is 2.70. The Morgan fingerprint density at radius 2 is 1.56 bits per heavy atom. The maximum Gasteiger partial charge on any atom is 0.271 e. The van der Waals surface area contributed by atoms with Gasteiger partial charge in [0.25, 0.3) is 5.91 Å². The highest BCUT2D eigenvalue weighted by Crippen LogP contribution is 2.15. The molecule has 6 nitrogen and oxygen atoms in total. The molecule has 0 aliphatic carbocycles. The molecule has 0 saturated carbocycles. The summed E-state index contributed by atoms with van der Waals surface area (Å²) < 4.78 is 0.938. The molecule has 0 radical (unpaired) electrons. The topological polar surface area (TPSA) is 89.2 Å². The van der Waals surface area contributed by atoms with E-state index in [0.717, 1.165) is 15.6 Å². The number of hydrazone groups is 1. The molecule has 3 aromatic carbocycles. The van der Waals surface area contributed by atoms with Crippen LogP contribution in [0.5, 0.6) is 0 Å². The van der Waals surface area contributed by atoms with E-state index in [2.05, 4.69) is 26.5 Å². The number of quaternary nitrogens is 1. The Hall–Kier alpha value is -2.84. The zero-order valence-electron chi connectivity index (χ0n) is 14.1. The van der Waals surface area contributed by atoms with Gasteiger partial charge in [0.1, 0.15) is 0 Å². The van der Waals surface area contributed by atoms with Gasteiger partial charge >= 0.3 is 0 Å². The number of nitrogens with one attached hydrogen (secondary N) is 2. The molecule has 1 atom stereocenters. The fourth-order valence-electron chi connectivity index (χ4n) is 2.46. The summed E-state index contributed by atoms with van der Waals surface area (Å²) in [5.41, 5.74) is 5.08. The molecule has 3 N–H and O–H groups in total. The van der Waals surface area contributed by atoms with Crippen LogP contribution in [0.15, 0.2) is 88.4 Å². The minimum Gasteiger partial charge on any atom is -0.595 e. The number of hydrogen-bond donors (Lipinski definition) is 3. The molecule has 0 aromatic heterocycles. The van der Waals surface area contributed by atoms with E-state index in [4.69, 9.17) is 5.21 Å². The number of nitrogens with zero attached hydrogens (tertiary/aromatic N) is 1. The predicted molar refractivity (Wildman–Crippen MR) is 106 cm³/mol. The second-order valence-corrected chi connectivity index (χ2v) is 6.58. The molecular weight excluding hydrogens is 410 g/mol. The zero-order chi connectivity index (χ0) is 19.2. The summed E-state index contributed by atoms with van der Waals surface area (Å²) in [4.78, 5) is 12.4. The highest BCUT2D eigenvalue weighted by atomic mass is 79.9. The second-order valence-electron chi connectivity index (χ2n) is 5.66. The SMILES string of the molecule is O=C(NN=C(c1ccccc1)c1ccc(Br)cc1)c1cccc([NH+]([O-])O)c1. The summed E-state index contributed by atoms with van der Waals surface area (Å²) in [6, 6.07) is 22.9. The Kier molecular flexibility index (Phi) is 6.10. The molecule has 1 amide bonds. The van der Waals surface area contributed by atoms with E-state index < -0.39 is 11.1 Å². The first-order valence-corrected chi connectivity index (χ1v) is 8.86. The Labute approximate surface area is 164 Å². The molecule has 0 aliphatic heterocycles. The van der Waals surface area contributed by atoms with Gasteiger partial charge in [0.2, 0.25) is 0 Å². The minimum absolute atomic E-state index is 0.0443. The van der Waals surface area contributed by atoms with E-state index in [1.165, 1.54) is 18.2 Å². The number of amides is 1. The molecule has 0 bridgehead atoms. The van der Waals surface area contributed by atoms with Crippen LogP contribution in [0.1, 0.15) is 21.5 Å². The first-order chi connectivity index (χ1) is 13.0. The predicted octanol–water partition coefficient (Wildman–Crippen LogP) is 3.03. The standard InChI is InChI=1S/C20H16BrN3O3/c21-17-11-9-15(10-12-17)19(14-5-2-1-3-6-14)22-23-20(25)16-7-4-8-18(13-16)24(26)27/h1-13,24,26H,(H,23,25). The van der Waals surface area contributed by atoms with E-state index >= 15 is 0 Å². The molecule has 0 spiro atoms. The monoisotopic (exact) mass is 425 g/mol. The first kappa shape index (κ1) is 18.9. The lowest BCUT2D eigenvalue weighted by atomic mass is 10.0. The molecule has 0 saturated heterocycles. The van der Waals surface area contributed by atoms with Crippen LogP contribution in [-0.4, -0.2) is 16.8 Å². The van der Waals surface area contributed by atoms with Crippen molar-refractivity contribution in [2.75, 3.05) is 0 Å². The van der Waals surface area contributed by atoms with Gasteiger partial charge in [0.05, 0.1) is 5.71 Å². The maximum atomic E-state index is 12.4. The molecule has 136 valence electrons. The Bertz CT molecular complexity index is 958. The normalized spacial score (nSPS) is 12.5. The molecule has 0 fully saturated rings. The zero-order valence-corrected chi connectivity index (χ0v) is 15.7. The quantitative estimate of drug-likeness (QED) is 0.433. The number of benzene rings is 3. The molecule has 7 heteroatoms. The van der Waals surface area contributed by atoms with Crippen molar-refractivity contribution in [3.05, 3.63) is 105 Å². The summed E-state index contributed by atoms with van der Waals surface area (Å²) >= 11 is 3.40. The Morgan fingerprint density at radius 1 is 0.926 bits per heavy atom. The van der Waals surface area contributed by atoms with Crippen LogP contribution in [0.3, 0.4) is 0 Å². The van der Waals surface area contributed by atoms with Crippen molar-refractivity contribution in [2.24, 2.45) is 5.10 Å². The first-order valence-electron chi connectivity index (χ1n) is 8.07. The van der Waals surface area contributed by atoms with E-state index in [1.807, 2.05) is 54.6 Å². The van der Waals surface area contributed by atoms with Crippen molar-refractivity contribution >= 4 is 33.2 Å². The van der Waals surface area contributed by atoms with Crippen molar-refractivity contribution in [2.45, 2.75) is 0 Å². The van der Waals surface area contributed by atoms with Gasteiger partial charge in [-0.2, -0.15) is 10.3 Å². The number of carbonyl (C=O) groups is 1. The fourth-order valence-corrected chi connectivity index (χ4v) is 2.73. The summed E-state index contributed by atoms with van der Waals surface area (Å²) in [7, 11) is 0. The molecular formula is C20H16BrN3O3. The van der Waals surface area contributed by atoms with Crippen LogP contribution >= 0.6 is 15.9 Å². The lowest BCUT2D eigenvalue weighted by Gasteiger charge is -2.12. The smallest absolute Gasteiger partial charge is 0.271 e. The van der Waals surface area contributed by atoms with Gasteiger partial charge in [-0.25, -0.2) is 10.6 Å². The molecule has 1 unspecified atom stereocenters. The summed E-state index contributed by atoms with van der Waals surface area (Å²) in [5.74, 6) is -0.483. The third-order valence-electron chi connectivity index (χ3n) is 3.81. The average molecular weight is 426 g/mol. The van der Waals surface area contributed by atoms with E-state index in [-0.39, 0.29) is 11.3 Å². The van der Waals surface area contributed by atoms with Crippen LogP contribution < -0.4 is 10.7 Å². The fraction of sp³-hybridized carbons (Fsp3) is 0. The van der Waals surface area contributed by atoms with Gasteiger partial charge in [-0.15, -0.1) is 0 Å². The van der Waals surface area contributed by atoms with Crippen molar-refractivity contribution in [3.63, 3.8) is 0 Å². The molecule has 27 heavy (non-hydrogen) atoms. The van der Waals surface area contributed by atoms with Gasteiger partial charge in [0, 0.05) is 33.3 Å². The third kappa shape index (κ3) is 4.87. The lowest BCUT2D eigenvalue weighted by Crippen LogP contribution is -2.99. The van der Waals surface area contributed by atoms with Crippen molar-refractivity contribution < 1.29 is 15.2 Å². The van der Waals surface area contributed by atoms with Gasteiger partial charge in [-0.1, -0.05) is 64.5 Å². The lowest BCUT2D eigenvalue weighted by molar-refractivity contribution is -0.991. The highest BCUT2D eigenvalue weighted by molar-refractivity contribution is 9.10. The van der Waals surface area contributed by atoms with Gasteiger partial charge in [-0.05, 0) is 18.2 Å². The molecule has 0 aliphatic rings. The van der Waals surface area contributed by atoms with E-state index in [0.29, 0.717) is 5.71 Å². The Balaban J connectivity index is 1.91. The van der Waals surface area contributed by atoms with E-state index in [1.54, 1.807) is 6.07 Å². The van der Waals surface area contributed by atoms with Gasteiger partial charge < -0.3 is 5.21 Å². The van der Waals surface area contributed by atoms with Crippen molar-refractivity contribution in [1.82, 2.24) is 5.43 Å². The summed E-state index contributed by atoms with van der Waals surface area (Å²) in [6.45, 7) is 0. The number of halogens is 1. The van der Waals surface area contributed by atoms with Crippen LogP contribution in [0.2, 0.25) is 0 Å². The van der Waals surface area contributed by atoms with Gasteiger partial charge in [0.15, 0.2) is 5.69 Å². The number of hydrogen-bond acceptors (Lipinski definition) is 4. The van der Waals surface area contributed by atoms with Crippen LogP contribution in [0, 0.1) is 5.21 Å². The Morgan fingerprint density at radius 3 is 2.22 bits per heavy atom. The largest absolute Gasteiger partial charge is 0.595 e. The van der Waals surface area contributed by atoms with Crippen LogP contribution in [0.4, 0.5) is 5.69 Å². The van der Waals surface area contributed by atoms with E-state index in [9.17, 15) is 10.0 Å². The minimum atomic E-state index is -1.09. The highest BCUT2D eigenvalue weighted by Gasteiger charge is 2.11. The second kappa shape index (κ2) is 8.70. The van der Waals surface area contributed by atoms with Gasteiger partial charge in [-0.3, -0.25) is 4.79 Å². The molecule has 3 rings (SSSR count). The van der Waals surface area contributed by atoms with Crippen LogP contribution in [-0.2, 0) is 0 Å². The third-order valence-corrected chi connectivity index (χ3v) is 4.33.